The fourth-order valence-electron chi connectivity index (χ4n) is 1.76. The van der Waals surface area contributed by atoms with Crippen molar-refractivity contribution < 1.29 is 9.84 Å². The molecule has 1 N–H and O–H groups in total. The number of aliphatic hydroxyl groups excluding tert-OH is 1. The summed E-state index contributed by atoms with van der Waals surface area (Å²) in [5.74, 6) is 6.95. The van der Waals surface area contributed by atoms with Gasteiger partial charge in [-0.3, -0.25) is 0 Å². The van der Waals surface area contributed by atoms with Crippen molar-refractivity contribution in [1.82, 2.24) is 14.8 Å². The number of rotatable bonds is 4. The molecule has 1 aromatic carbocycles. The predicted octanol–water partition coefficient (Wildman–Crippen LogP) is 1.78. The Hall–Kier alpha value is -2.32. The van der Waals surface area contributed by atoms with E-state index in [1.54, 1.807) is 0 Å². The van der Waals surface area contributed by atoms with Gasteiger partial charge in [0.15, 0.2) is 5.82 Å². The Labute approximate surface area is 118 Å². The molecule has 2 rings (SSSR count). The van der Waals surface area contributed by atoms with E-state index in [-0.39, 0.29) is 12.6 Å². The summed E-state index contributed by atoms with van der Waals surface area (Å²) in [6.45, 7) is 4.30. The zero-order valence-electron chi connectivity index (χ0n) is 11.6. The average Bonchev–Trinajstić information content (AvgIpc) is 2.92. The zero-order valence-corrected chi connectivity index (χ0v) is 11.6. The van der Waals surface area contributed by atoms with Gasteiger partial charge < -0.3 is 9.84 Å². The Morgan fingerprint density at radius 2 is 2.25 bits per heavy atom. The lowest BCUT2D eigenvalue weighted by molar-refractivity contribution is 0.282. The van der Waals surface area contributed by atoms with Crippen molar-refractivity contribution in [3.63, 3.8) is 0 Å². The van der Waals surface area contributed by atoms with Gasteiger partial charge in [0.1, 0.15) is 25.3 Å². The van der Waals surface area contributed by atoms with Gasteiger partial charge in [0.05, 0.1) is 0 Å². The minimum atomic E-state index is -0.150. The number of nitrogens with zero attached hydrogens (tertiary/aromatic N) is 3. The first-order valence-corrected chi connectivity index (χ1v) is 6.41. The largest absolute Gasteiger partial charge is 0.486 e. The van der Waals surface area contributed by atoms with Crippen LogP contribution >= 0.6 is 0 Å². The SMILES string of the molecule is CC(C)n1ncnc1COc1cccc(C#CCO)c1. The van der Waals surface area contributed by atoms with Crippen LogP contribution in [-0.2, 0) is 6.61 Å². The number of aromatic nitrogens is 3. The summed E-state index contributed by atoms with van der Waals surface area (Å²) in [5, 5.41) is 12.8. The highest BCUT2D eigenvalue weighted by molar-refractivity contribution is 5.39. The monoisotopic (exact) mass is 271 g/mol. The zero-order chi connectivity index (χ0) is 14.4. The molecule has 1 aromatic heterocycles. The summed E-state index contributed by atoms with van der Waals surface area (Å²) >= 11 is 0. The molecule has 5 nitrogen and oxygen atoms in total. The maximum absolute atomic E-state index is 8.68. The molecule has 0 radical (unpaired) electrons. The van der Waals surface area contributed by atoms with Crippen LogP contribution in [0.5, 0.6) is 5.75 Å². The van der Waals surface area contributed by atoms with Gasteiger partial charge >= 0.3 is 0 Å². The molecule has 0 saturated heterocycles. The maximum atomic E-state index is 8.68. The fourth-order valence-corrected chi connectivity index (χ4v) is 1.76. The molecule has 0 atom stereocenters. The van der Waals surface area contributed by atoms with Gasteiger partial charge in [-0.15, -0.1) is 0 Å². The van der Waals surface area contributed by atoms with Crippen LogP contribution in [-0.4, -0.2) is 26.5 Å². The van der Waals surface area contributed by atoms with Gasteiger partial charge in [-0.25, -0.2) is 9.67 Å². The van der Waals surface area contributed by atoms with E-state index in [1.807, 2.05) is 42.8 Å². The molecule has 0 aliphatic carbocycles. The number of aliphatic hydroxyl groups is 1. The molecular weight excluding hydrogens is 254 g/mol. The smallest absolute Gasteiger partial charge is 0.165 e. The first kappa shape index (κ1) is 14.1. The van der Waals surface area contributed by atoms with Crippen molar-refractivity contribution in [1.29, 1.82) is 0 Å². The third-order valence-corrected chi connectivity index (χ3v) is 2.65. The lowest BCUT2D eigenvalue weighted by Crippen LogP contribution is -2.10. The first-order valence-electron chi connectivity index (χ1n) is 6.41. The van der Waals surface area contributed by atoms with Gasteiger partial charge in [0, 0.05) is 11.6 Å². The van der Waals surface area contributed by atoms with Crippen LogP contribution in [0.2, 0.25) is 0 Å². The Morgan fingerprint density at radius 3 is 3.00 bits per heavy atom. The molecule has 0 aliphatic heterocycles. The predicted molar refractivity (Wildman–Crippen MR) is 75.1 cm³/mol. The van der Waals surface area contributed by atoms with Crippen LogP contribution in [0.15, 0.2) is 30.6 Å². The van der Waals surface area contributed by atoms with E-state index in [4.69, 9.17) is 9.84 Å². The molecule has 0 fully saturated rings. The minimum absolute atomic E-state index is 0.150. The van der Waals surface area contributed by atoms with E-state index >= 15 is 0 Å². The standard InChI is InChI=1S/C15H17N3O2/c1-12(2)18-15(16-11-17-18)10-20-14-7-3-5-13(9-14)6-4-8-19/h3,5,7,9,11-12,19H,8,10H2,1-2H3. The maximum Gasteiger partial charge on any atom is 0.165 e. The second-order valence-corrected chi connectivity index (χ2v) is 4.49. The van der Waals surface area contributed by atoms with Crippen molar-refractivity contribution in [2.75, 3.05) is 6.61 Å². The molecule has 0 saturated carbocycles. The van der Waals surface area contributed by atoms with Crippen LogP contribution in [0.1, 0.15) is 31.3 Å². The topological polar surface area (TPSA) is 60.2 Å². The molecular formula is C15H17N3O2. The van der Waals surface area contributed by atoms with E-state index in [9.17, 15) is 0 Å². The highest BCUT2D eigenvalue weighted by Crippen LogP contribution is 2.15. The third kappa shape index (κ3) is 3.59. The van der Waals surface area contributed by atoms with Gasteiger partial charge in [-0.1, -0.05) is 17.9 Å². The normalized spacial score (nSPS) is 10.2. The summed E-state index contributed by atoms with van der Waals surface area (Å²) in [6.07, 6.45) is 1.53. The van der Waals surface area contributed by atoms with E-state index in [2.05, 4.69) is 21.9 Å². The number of benzene rings is 1. The quantitative estimate of drug-likeness (QED) is 0.861. The van der Waals surface area contributed by atoms with Gasteiger partial charge in [-0.2, -0.15) is 5.10 Å². The van der Waals surface area contributed by atoms with Crippen molar-refractivity contribution in [2.45, 2.75) is 26.5 Å². The summed E-state index contributed by atoms with van der Waals surface area (Å²) in [4.78, 5) is 4.19. The molecule has 0 amide bonds. The van der Waals surface area contributed by atoms with Crippen LogP contribution in [0, 0.1) is 11.8 Å². The Balaban J connectivity index is 2.05. The van der Waals surface area contributed by atoms with E-state index in [1.165, 1.54) is 6.33 Å². The Kier molecular flexibility index (Phi) is 4.75. The second-order valence-electron chi connectivity index (χ2n) is 4.49. The highest BCUT2D eigenvalue weighted by atomic mass is 16.5. The van der Waals surface area contributed by atoms with Gasteiger partial charge in [0.2, 0.25) is 0 Å². The van der Waals surface area contributed by atoms with Crippen LogP contribution in [0.4, 0.5) is 0 Å². The van der Waals surface area contributed by atoms with Crippen LogP contribution in [0.3, 0.4) is 0 Å². The minimum Gasteiger partial charge on any atom is -0.486 e. The highest BCUT2D eigenvalue weighted by Gasteiger charge is 2.08. The van der Waals surface area contributed by atoms with Crippen molar-refractivity contribution >= 4 is 0 Å². The lowest BCUT2D eigenvalue weighted by Gasteiger charge is -2.10. The van der Waals surface area contributed by atoms with Gasteiger partial charge in [0.25, 0.3) is 0 Å². The van der Waals surface area contributed by atoms with Crippen molar-refractivity contribution in [2.24, 2.45) is 0 Å². The molecule has 104 valence electrons. The van der Waals surface area contributed by atoms with Crippen molar-refractivity contribution in [3.05, 3.63) is 42.0 Å². The number of ether oxygens (including phenoxy) is 1. The molecule has 0 bridgehead atoms. The van der Waals surface area contributed by atoms with Crippen LogP contribution < -0.4 is 4.74 Å². The second kappa shape index (κ2) is 6.73. The summed E-state index contributed by atoms with van der Waals surface area (Å²) < 4.78 is 7.54. The van der Waals surface area contributed by atoms with Gasteiger partial charge in [-0.05, 0) is 32.0 Å². The molecule has 0 spiro atoms. The van der Waals surface area contributed by atoms with E-state index in [0.717, 1.165) is 11.4 Å². The van der Waals surface area contributed by atoms with Crippen LogP contribution in [0.25, 0.3) is 0 Å². The molecule has 0 unspecified atom stereocenters. The molecule has 5 heteroatoms. The molecule has 20 heavy (non-hydrogen) atoms. The van der Waals surface area contributed by atoms with Crippen molar-refractivity contribution in [3.8, 4) is 17.6 Å². The lowest BCUT2D eigenvalue weighted by atomic mass is 10.2. The Bertz CT molecular complexity index is 623. The Morgan fingerprint density at radius 1 is 1.40 bits per heavy atom. The third-order valence-electron chi connectivity index (χ3n) is 2.65. The fraction of sp³-hybridized carbons (Fsp3) is 0.333. The molecule has 1 heterocycles. The summed E-state index contributed by atoms with van der Waals surface area (Å²) in [5.41, 5.74) is 0.807. The molecule has 2 aromatic rings. The first-order chi connectivity index (χ1) is 9.70. The molecule has 0 aliphatic rings. The number of hydrogen-bond acceptors (Lipinski definition) is 4. The summed E-state index contributed by atoms with van der Waals surface area (Å²) in [7, 11) is 0. The van der Waals surface area contributed by atoms with E-state index in [0.29, 0.717) is 12.4 Å². The number of hydrogen-bond donors (Lipinski definition) is 1. The average molecular weight is 271 g/mol. The summed E-state index contributed by atoms with van der Waals surface area (Å²) in [6, 6.07) is 7.67. The van der Waals surface area contributed by atoms with E-state index < -0.39 is 0 Å².